The summed E-state index contributed by atoms with van der Waals surface area (Å²) in [6, 6.07) is -0.332. The first-order chi connectivity index (χ1) is 8.58. The van der Waals surface area contributed by atoms with Gasteiger partial charge in [-0.2, -0.15) is 0 Å². The van der Waals surface area contributed by atoms with Crippen molar-refractivity contribution in [1.29, 1.82) is 0 Å². The second-order valence-electron chi connectivity index (χ2n) is 5.19. The Morgan fingerprint density at radius 3 is 2.89 bits per heavy atom. The van der Waals surface area contributed by atoms with E-state index in [0.29, 0.717) is 19.5 Å². The average molecular weight is 252 g/mol. The minimum Gasteiger partial charge on any atom is -0.481 e. The SMILES string of the molecule is CC1=CCCN(C(=O)NC2CCCC2C(=O)O)C1. The largest absolute Gasteiger partial charge is 0.481 e. The molecular weight excluding hydrogens is 232 g/mol. The Kier molecular flexibility index (Phi) is 3.89. The van der Waals surface area contributed by atoms with Gasteiger partial charge in [-0.3, -0.25) is 4.79 Å². The van der Waals surface area contributed by atoms with Gasteiger partial charge in [0.15, 0.2) is 0 Å². The third-order valence-electron chi connectivity index (χ3n) is 3.76. The van der Waals surface area contributed by atoms with E-state index in [1.807, 2.05) is 6.92 Å². The zero-order valence-corrected chi connectivity index (χ0v) is 10.7. The maximum atomic E-state index is 12.1. The molecule has 0 aromatic rings. The lowest BCUT2D eigenvalue weighted by Crippen LogP contribution is -2.48. The number of nitrogens with one attached hydrogen (secondary N) is 1. The molecule has 100 valence electrons. The van der Waals surface area contributed by atoms with Gasteiger partial charge in [-0.15, -0.1) is 0 Å². The molecule has 0 spiro atoms. The zero-order chi connectivity index (χ0) is 13.1. The number of urea groups is 1. The van der Waals surface area contributed by atoms with Crippen LogP contribution in [0.25, 0.3) is 0 Å². The summed E-state index contributed by atoms with van der Waals surface area (Å²) in [5.41, 5.74) is 1.19. The van der Waals surface area contributed by atoms with Crippen LogP contribution in [-0.4, -0.2) is 41.1 Å². The first-order valence-corrected chi connectivity index (χ1v) is 6.52. The molecule has 0 aromatic heterocycles. The van der Waals surface area contributed by atoms with Crippen molar-refractivity contribution in [2.24, 2.45) is 5.92 Å². The Balaban J connectivity index is 1.91. The molecule has 0 bridgehead atoms. The van der Waals surface area contributed by atoms with Crippen molar-refractivity contribution >= 4 is 12.0 Å². The number of amides is 2. The normalized spacial score (nSPS) is 27.8. The molecule has 2 rings (SSSR count). The molecule has 1 saturated carbocycles. The van der Waals surface area contributed by atoms with E-state index in [-0.39, 0.29) is 12.1 Å². The number of hydrogen-bond acceptors (Lipinski definition) is 2. The second-order valence-corrected chi connectivity index (χ2v) is 5.19. The summed E-state index contributed by atoms with van der Waals surface area (Å²) in [7, 11) is 0. The number of aliphatic carboxylic acids is 1. The van der Waals surface area contributed by atoms with Crippen LogP contribution in [0.4, 0.5) is 4.79 Å². The molecule has 0 saturated heterocycles. The van der Waals surface area contributed by atoms with Crippen LogP contribution >= 0.6 is 0 Å². The Hall–Kier alpha value is -1.52. The van der Waals surface area contributed by atoms with Crippen molar-refractivity contribution in [3.8, 4) is 0 Å². The van der Waals surface area contributed by atoms with E-state index in [0.717, 1.165) is 19.3 Å². The smallest absolute Gasteiger partial charge is 0.317 e. The van der Waals surface area contributed by atoms with E-state index in [1.54, 1.807) is 4.90 Å². The molecule has 2 unspecified atom stereocenters. The highest BCUT2D eigenvalue weighted by Gasteiger charge is 2.34. The second kappa shape index (κ2) is 5.42. The molecule has 2 aliphatic rings. The van der Waals surface area contributed by atoms with Gasteiger partial charge >= 0.3 is 12.0 Å². The fourth-order valence-electron chi connectivity index (χ4n) is 2.76. The van der Waals surface area contributed by atoms with E-state index in [2.05, 4.69) is 11.4 Å². The summed E-state index contributed by atoms with van der Waals surface area (Å²) in [6.45, 7) is 3.37. The molecule has 5 heteroatoms. The number of carboxylic acids is 1. The maximum Gasteiger partial charge on any atom is 0.317 e. The molecule has 1 heterocycles. The number of rotatable bonds is 2. The number of hydrogen-bond donors (Lipinski definition) is 2. The number of carbonyl (C=O) groups excluding carboxylic acids is 1. The highest BCUT2D eigenvalue weighted by Crippen LogP contribution is 2.26. The molecular formula is C13H20N2O3. The Bertz CT molecular complexity index is 378. The predicted molar refractivity (Wildman–Crippen MR) is 67.2 cm³/mol. The maximum absolute atomic E-state index is 12.1. The number of nitrogens with zero attached hydrogens (tertiary/aromatic N) is 1. The minimum atomic E-state index is -0.799. The van der Waals surface area contributed by atoms with Crippen molar-refractivity contribution in [3.63, 3.8) is 0 Å². The van der Waals surface area contributed by atoms with Crippen LogP contribution in [0.5, 0.6) is 0 Å². The lowest BCUT2D eigenvalue weighted by molar-refractivity contribution is -0.142. The van der Waals surface area contributed by atoms with Gasteiger partial charge in [0.25, 0.3) is 0 Å². The van der Waals surface area contributed by atoms with Gasteiger partial charge in [0, 0.05) is 19.1 Å². The number of carbonyl (C=O) groups is 2. The van der Waals surface area contributed by atoms with Gasteiger partial charge in [-0.05, 0) is 26.2 Å². The average Bonchev–Trinajstić information content (AvgIpc) is 2.77. The molecule has 2 N–H and O–H groups in total. The summed E-state index contributed by atoms with van der Waals surface area (Å²) < 4.78 is 0. The molecule has 1 fully saturated rings. The topological polar surface area (TPSA) is 69.6 Å². The fourth-order valence-corrected chi connectivity index (χ4v) is 2.76. The summed E-state index contributed by atoms with van der Waals surface area (Å²) in [4.78, 5) is 24.9. The summed E-state index contributed by atoms with van der Waals surface area (Å²) in [5, 5.41) is 12.0. The van der Waals surface area contributed by atoms with Crippen LogP contribution in [-0.2, 0) is 4.79 Å². The lowest BCUT2D eigenvalue weighted by Gasteiger charge is -2.28. The van der Waals surface area contributed by atoms with E-state index in [9.17, 15) is 9.59 Å². The van der Waals surface area contributed by atoms with Crippen LogP contribution in [0.3, 0.4) is 0 Å². The molecule has 1 aliphatic carbocycles. The molecule has 18 heavy (non-hydrogen) atoms. The van der Waals surface area contributed by atoms with Crippen molar-refractivity contribution < 1.29 is 14.7 Å². The van der Waals surface area contributed by atoms with E-state index >= 15 is 0 Å². The Morgan fingerprint density at radius 2 is 2.22 bits per heavy atom. The third kappa shape index (κ3) is 2.83. The van der Waals surface area contributed by atoms with Crippen LogP contribution in [0.1, 0.15) is 32.6 Å². The molecule has 2 amide bonds. The van der Waals surface area contributed by atoms with Crippen LogP contribution in [0.2, 0.25) is 0 Å². The van der Waals surface area contributed by atoms with Gasteiger partial charge in [0.2, 0.25) is 0 Å². The quantitative estimate of drug-likeness (QED) is 0.733. The summed E-state index contributed by atoms with van der Waals surface area (Å²) >= 11 is 0. The van der Waals surface area contributed by atoms with E-state index in [4.69, 9.17) is 5.11 Å². The first-order valence-electron chi connectivity index (χ1n) is 6.52. The van der Waals surface area contributed by atoms with Gasteiger partial charge in [0.05, 0.1) is 5.92 Å². The van der Waals surface area contributed by atoms with Crippen LogP contribution < -0.4 is 5.32 Å². The summed E-state index contributed by atoms with van der Waals surface area (Å²) in [5.74, 6) is -1.22. The monoisotopic (exact) mass is 252 g/mol. The molecule has 0 radical (unpaired) electrons. The van der Waals surface area contributed by atoms with Gasteiger partial charge in [-0.25, -0.2) is 4.79 Å². The van der Waals surface area contributed by atoms with Crippen molar-refractivity contribution in [2.45, 2.75) is 38.6 Å². The zero-order valence-electron chi connectivity index (χ0n) is 10.7. The van der Waals surface area contributed by atoms with Gasteiger partial charge in [0.1, 0.15) is 0 Å². The minimum absolute atomic E-state index is 0.124. The third-order valence-corrected chi connectivity index (χ3v) is 3.76. The molecule has 2 atom stereocenters. The summed E-state index contributed by atoms with van der Waals surface area (Å²) in [6.07, 6.45) is 5.33. The highest BCUT2D eigenvalue weighted by atomic mass is 16.4. The van der Waals surface area contributed by atoms with Crippen molar-refractivity contribution in [1.82, 2.24) is 10.2 Å². The van der Waals surface area contributed by atoms with Gasteiger partial charge in [-0.1, -0.05) is 18.1 Å². The molecule has 0 aromatic carbocycles. The lowest BCUT2D eigenvalue weighted by atomic mass is 10.0. The Morgan fingerprint density at radius 1 is 1.44 bits per heavy atom. The van der Waals surface area contributed by atoms with Crippen molar-refractivity contribution in [3.05, 3.63) is 11.6 Å². The first kappa shape index (κ1) is 12.9. The predicted octanol–water partition coefficient (Wildman–Crippen LogP) is 1.60. The highest BCUT2D eigenvalue weighted by molar-refractivity contribution is 5.77. The standard InChI is InChI=1S/C13H20N2O3/c1-9-4-3-7-15(8-9)13(18)14-11-6-2-5-10(11)12(16)17/h4,10-11H,2-3,5-8H2,1H3,(H,14,18)(H,16,17). The van der Waals surface area contributed by atoms with Crippen LogP contribution in [0.15, 0.2) is 11.6 Å². The number of carboxylic acid groups (broad SMARTS) is 1. The van der Waals surface area contributed by atoms with E-state index < -0.39 is 11.9 Å². The fraction of sp³-hybridized carbons (Fsp3) is 0.692. The molecule has 1 aliphatic heterocycles. The Labute approximate surface area is 107 Å². The van der Waals surface area contributed by atoms with Crippen molar-refractivity contribution in [2.75, 3.05) is 13.1 Å². The van der Waals surface area contributed by atoms with Crippen LogP contribution in [0, 0.1) is 5.92 Å². The van der Waals surface area contributed by atoms with E-state index in [1.165, 1.54) is 5.57 Å². The molecule has 5 nitrogen and oxygen atoms in total. The van der Waals surface area contributed by atoms with Gasteiger partial charge < -0.3 is 15.3 Å².